The summed E-state index contributed by atoms with van der Waals surface area (Å²) in [6.07, 6.45) is 17.0. The Morgan fingerprint density at radius 1 is 0.974 bits per heavy atom. The second-order valence-corrected chi connectivity index (χ2v) is 11.1. The largest absolute Gasteiger partial charge is 0.378 e. The maximum atomic E-state index is 13.6. The first-order chi connectivity index (χ1) is 18.5. The topological polar surface area (TPSA) is 57.2 Å². The van der Waals surface area contributed by atoms with Gasteiger partial charge in [-0.25, -0.2) is 0 Å². The van der Waals surface area contributed by atoms with Gasteiger partial charge in [0, 0.05) is 13.1 Å². The Hall–Kier alpha value is -1.73. The Kier molecular flexibility index (Phi) is 13.8. The molecule has 2 heterocycles. The third-order valence-electron chi connectivity index (χ3n) is 7.35. The lowest BCUT2D eigenvalue weighted by molar-refractivity contribution is -0.174. The van der Waals surface area contributed by atoms with Crippen molar-refractivity contribution in [3.05, 3.63) is 48.0 Å². The molecular formula is C32H51NO5. The smallest absolute Gasteiger partial charge is 0.254 e. The molecule has 2 fully saturated rings. The van der Waals surface area contributed by atoms with E-state index >= 15 is 0 Å². The average molecular weight is 530 g/mol. The van der Waals surface area contributed by atoms with Crippen LogP contribution >= 0.6 is 0 Å². The molecule has 0 N–H and O–H groups in total. The number of carbonyl (C=O) groups excluding carboxylic acids is 1. The molecule has 1 aromatic rings. The van der Waals surface area contributed by atoms with Gasteiger partial charge in [-0.3, -0.25) is 4.79 Å². The molecule has 0 unspecified atom stereocenters. The summed E-state index contributed by atoms with van der Waals surface area (Å²) < 4.78 is 24.3. The first kappa shape index (κ1) is 30.8. The summed E-state index contributed by atoms with van der Waals surface area (Å²) in [6, 6.07) is 9.96. The van der Waals surface area contributed by atoms with Crippen molar-refractivity contribution >= 4 is 5.91 Å². The van der Waals surface area contributed by atoms with E-state index in [0.29, 0.717) is 32.9 Å². The molecular weight excluding hydrogens is 478 g/mol. The molecule has 0 spiro atoms. The van der Waals surface area contributed by atoms with Crippen LogP contribution in [0.3, 0.4) is 0 Å². The van der Waals surface area contributed by atoms with Crippen LogP contribution in [0.15, 0.2) is 42.5 Å². The number of amides is 1. The van der Waals surface area contributed by atoms with Crippen molar-refractivity contribution in [3.8, 4) is 0 Å². The number of morpholine rings is 1. The average Bonchev–Trinajstić information content (AvgIpc) is 3.24. The van der Waals surface area contributed by atoms with Gasteiger partial charge in [0.2, 0.25) is 0 Å². The molecule has 1 aromatic carbocycles. The monoisotopic (exact) mass is 529 g/mol. The van der Waals surface area contributed by atoms with E-state index in [1.165, 1.54) is 64.2 Å². The zero-order chi connectivity index (χ0) is 27.1. The zero-order valence-corrected chi connectivity index (χ0v) is 24.1. The Bertz CT molecular complexity index is 805. The van der Waals surface area contributed by atoms with Crippen LogP contribution in [0.5, 0.6) is 0 Å². The molecule has 214 valence electrons. The first-order valence-corrected chi connectivity index (χ1v) is 15.0. The highest BCUT2D eigenvalue weighted by Crippen LogP contribution is 2.33. The van der Waals surface area contributed by atoms with E-state index in [1.807, 2.05) is 49.1 Å². The summed E-state index contributed by atoms with van der Waals surface area (Å²) in [4.78, 5) is 15.5. The van der Waals surface area contributed by atoms with E-state index in [9.17, 15) is 4.79 Å². The summed E-state index contributed by atoms with van der Waals surface area (Å²) in [5.41, 5.74) is 1.03. The van der Waals surface area contributed by atoms with Crippen LogP contribution in [-0.2, 0) is 30.3 Å². The molecule has 6 heteroatoms. The third kappa shape index (κ3) is 10.8. The fraction of sp³-hybridized carbons (Fsp3) is 0.719. The number of rotatable bonds is 17. The number of carbonyl (C=O) groups is 1. The van der Waals surface area contributed by atoms with Gasteiger partial charge < -0.3 is 23.8 Å². The Morgan fingerprint density at radius 2 is 1.61 bits per heavy atom. The van der Waals surface area contributed by atoms with Crippen molar-refractivity contribution < 1.29 is 23.7 Å². The summed E-state index contributed by atoms with van der Waals surface area (Å²) in [5.74, 6) is -0.834. The summed E-state index contributed by atoms with van der Waals surface area (Å²) >= 11 is 0. The highest BCUT2D eigenvalue weighted by Gasteiger charge is 2.48. The first-order valence-electron chi connectivity index (χ1n) is 15.0. The quantitative estimate of drug-likeness (QED) is 0.164. The molecule has 2 aliphatic rings. The summed E-state index contributed by atoms with van der Waals surface area (Å²) in [6.45, 7) is 8.66. The predicted octanol–water partition coefficient (Wildman–Crippen LogP) is 6.82. The minimum atomic E-state index is -0.781. The van der Waals surface area contributed by atoms with Crippen LogP contribution in [0.1, 0.15) is 97.0 Å². The molecule has 2 aliphatic heterocycles. The number of unbranched alkanes of at least 4 members (excludes halogenated alkanes) is 10. The molecule has 0 radical (unpaired) electrons. The zero-order valence-electron chi connectivity index (χ0n) is 24.1. The lowest BCUT2D eigenvalue weighted by atomic mass is 10.0. The summed E-state index contributed by atoms with van der Waals surface area (Å²) in [5, 5.41) is 0. The Morgan fingerprint density at radius 3 is 2.26 bits per heavy atom. The minimum absolute atomic E-state index is 0.0522. The lowest BCUT2D eigenvalue weighted by Gasteiger charge is -2.33. The van der Waals surface area contributed by atoms with Gasteiger partial charge in [0.15, 0.2) is 11.9 Å². The molecule has 3 atom stereocenters. The Balaban J connectivity index is 1.52. The highest BCUT2D eigenvalue weighted by molar-refractivity contribution is 5.82. The predicted molar refractivity (Wildman–Crippen MR) is 152 cm³/mol. The molecule has 3 rings (SSSR count). The standard InChI is InChI=1S/C32H51NO5/c1-4-5-6-7-8-9-10-11-12-13-14-18-21-28-29(38-32(2,3)37-28)30(31(34)33-22-24-35-25-23-33)36-26-27-19-16-15-17-20-27/h15-21,28-30H,4-14,22-26H2,1-3H3/b21-18-/t28-,29+,30-/m1/s1. The second kappa shape index (κ2) is 17.1. The van der Waals surface area contributed by atoms with Gasteiger partial charge in [-0.05, 0) is 32.3 Å². The van der Waals surface area contributed by atoms with Crippen molar-refractivity contribution in [1.29, 1.82) is 0 Å². The number of nitrogens with zero attached hydrogens (tertiary/aromatic N) is 1. The van der Waals surface area contributed by atoms with Crippen LogP contribution in [-0.4, -0.2) is 61.2 Å². The van der Waals surface area contributed by atoms with Crippen LogP contribution in [0.25, 0.3) is 0 Å². The van der Waals surface area contributed by atoms with Crippen molar-refractivity contribution in [2.45, 2.75) is 122 Å². The van der Waals surface area contributed by atoms with Gasteiger partial charge in [0.25, 0.3) is 5.91 Å². The van der Waals surface area contributed by atoms with Gasteiger partial charge in [0.1, 0.15) is 12.2 Å². The molecule has 0 aliphatic carbocycles. The molecule has 38 heavy (non-hydrogen) atoms. The van der Waals surface area contributed by atoms with Gasteiger partial charge >= 0.3 is 0 Å². The number of benzene rings is 1. The van der Waals surface area contributed by atoms with E-state index in [0.717, 1.165) is 12.0 Å². The maximum Gasteiger partial charge on any atom is 0.254 e. The number of hydrogen-bond acceptors (Lipinski definition) is 5. The van der Waals surface area contributed by atoms with Gasteiger partial charge in [-0.15, -0.1) is 0 Å². The van der Waals surface area contributed by atoms with Crippen LogP contribution in [0.4, 0.5) is 0 Å². The highest BCUT2D eigenvalue weighted by atomic mass is 16.8. The molecule has 0 aromatic heterocycles. The maximum absolute atomic E-state index is 13.6. The molecule has 6 nitrogen and oxygen atoms in total. The van der Waals surface area contributed by atoms with Gasteiger partial charge in [-0.2, -0.15) is 0 Å². The molecule has 0 bridgehead atoms. The van der Waals surface area contributed by atoms with Crippen molar-refractivity contribution in [2.75, 3.05) is 26.3 Å². The van der Waals surface area contributed by atoms with E-state index < -0.39 is 18.0 Å². The summed E-state index contributed by atoms with van der Waals surface area (Å²) in [7, 11) is 0. The fourth-order valence-corrected chi connectivity index (χ4v) is 5.21. The Labute approximate surface area is 231 Å². The lowest BCUT2D eigenvalue weighted by Crippen LogP contribution is -2.52. The van der Waals surface area contributed by atoms with E-state index in [1.54, 1.807) is 0 Å². The molecule has 0 saturated carbocycles. The van der Waals surface area contributed by atoms with Gasteiger partial charge in [-0.1, -0.05) is 107 Å². The van der Waals surface area contributed by atoms with Crippen molar-refractivity contribution in [2.24, 2.45) is 0 Å². The minimum Gasteiger partial charge on any atom is -0.378 e. The molecule has 1 amide bonds. The molecule has 2 saturated heterocycles. The van der Waals surface area contributed by atoms with Crippen molar-refractivity contribution in [3.63, 3.8) is 0 Å². The van der Waals surface area contributed by atoms with Crippen LogP contribution < -0.4 is 0 Å². The van der Waals surface area contributed by atoms with E-state index in [2.05, 4.69) is 19.1 Å². The third-order valence-corrected chi connectivity index (χ3v) is 7.35. The normalized spacial score (nSPS) is 22.2. The van der Waals surface area contributed by atoms with Gasteiger partial charge in [0.05, 0.1) is 19.8 Å². The number of allylic oxidation sites excluding steroid dienone is 1. The van der Waals surface area contributed by atoms with Crippen LogP contribution in [0.2, 0.25) is 0 Å². The van der Waals surface area contributed by atoms with E-state index in [-0.39, 0.29) is 12.0 Å². The van der Waals surface area contributed by atoms with Crippen molar-refractivity contribution in [1.82, 2.24) is 4.90 Å². The number of hydrogen-bond donors (Lipinski definition) is 0. The number of ether oxygens (including phenoxy) is 4. The van der Waals surface area contributed by atoms with Crippen LogP contribution in [0, 0.1) is 0 Å². The van der Waals surface area contributed by atoms with E-state index in [4.69, 9.17) is 18.9 Å². The SMILES string of the molecule is CCCCCCCCCCCC/C=C\[C@H]1OC(C)(C)O[C@@H]1[C@@H](OCc1ccccc1)C(=O)N1CCOCC1. The second-order valence-electron chi connectivity index (χ2n) is 11.1. The fourth-order valence-electron chi connectivity index (χ4n) is 5.21.